The van der Waals surface area contributed by atoms with E-state index in [1.54, 1.807) is 36.0 Å². The van der Waals surface area contributed by atoms with Gasteiger partial charge in [-0.05, 0) is 23.6 Å². The Bertz CT molecular complexity index is 682. The molecule has 0 amide bonds. The number of nitrogens with zero attached hydrogens (tertiary/aromatic N) is 1. The van der Waals surface area contributed by atoms with Crippen molar-refractivity contribution in [3.8, 4) is 0 Å². The van der Waals surface area contributed by atoms with Crippen LogP contribution in [-0.2, 0) is 26.1 Å². The Morgan fingerprint density at radius 3 is 2.19 bits per heavy atom. The first-order chi connectivity index (χ1) is 10.1. The molecule has 0 radical (unpaired) electrons. The molecule has 5 nitrogen and oxygen atoms in total. The van der Waals surface area contributed by atoms with Crippen LogP contribution in [0.5, 0.6) is 0 Å². The van der Waals surface area contributed by atoms with Crippen molar-refractivity contribution < 1.29 is 19.1 Å². The van der Waals surface area contributed by atoms with Crippen LogP contribution in [0.2, 0.25) is 0 Å². The highest BCUT2D eigenvalue weighted by atomic mass is 32.1. The number of aromatic nitrogens is 1. The molecule has 2 rings (SSSR count). The van der Waals surface area contributed by atoms with Gasteiger partial charge >= 0.3 is 11.9 Å². The molecule has 0 unspecified atom stereocenters. The lowest BCUT2D eigenvalue weighted by Gasteiger charge is -2.12. The molecular formula is C15H15NO4S. The van der Waals surface area contributed by atoms with Gasteiger partial charge in [0.05, 0.1) is 31.1 Å². The SMILES string of the molecule is COC(=O)/C(=C(\C(=O)OC)c1cccn1C)c1cccs1. The number of thiophene rings is 1. The van der Waals surface area contributed by atoms with E-state index in [0.717, 1.165) is 0 Å². The smallest absolute Gasteiger partial charge is 0.340 e. The highest BCUT2D eigenvalue weighted by Crippen LogP contribution is 2.31. The summed E-state index contributed by atoms with van der Waals surface area (Å²) in [5.74, 6) is -1.15. The maximum atomic E-state index is 12.2. The summed E-state index contributed by atoms with van der Waals surface area (Å²) in [6, 6.07) is 7.12. The van der Waals surface area contributed by atoms with Gasteiger partial charge in [0, 0.05) is 18.1 Å². The Labute approximate surface area is 126 Å². The van der Waals surface area contributed by atoms with Gasteiger partial charge in [-0.2, -0.15) is 0 Å². The average Bonchev–Trinajstić information content (AvgIpc) is 3.14. The number of hydrogen-bond donors (Lipinski definition) is 0. The topological polar surface area (TPSA) is 57.5 Å². The minimum absolute atomic E-state index is 0.194. The second kappa shape index (κ2) is 6.41. The molecule has 0 aliphatic heterocycles. The Morgan fingerprint density at radius 1 is 1.05 bits per heavy atom. The summed E-state index contributed by atoms with van der Waals surface area (Å²) in [6.45, 7) is 0. The molecule has 2 aromatic heterocycles. The lowest BCUT2D eigenvalue weighted by molar-refractivity contribution is -0.135. The van der Waals surface area contributed by atoms with E-state index in [2.05, 4.69) is 0 Å². The van der Waals surface area contributed by atoms with Crippen LogP contribution in [0.3, 0.4) is 0 Å². The van der Waals surface area contributed by atoms with E-state index in [-0.39, 0.29) is 11.1 Å². The van der Waals surface area contributed by atoms with Crippen LogP contribution in [-0.4, -0.2) is 30.7 Å². The lowest BCUT2D eigenvalue weighted by atomic mass is 10.0. The second-order valence-corrected chi connectivity index (χ2v) is 5.16. The van der Waals surface area contributed by atoms with Crippen molar-refractivity contribution in [1.29, 1.82) is 0 Å². The monoisotopic (exact) mass is 305 g/mol. The predicted molar refractivity (Wildman–Crippen MR) is 80.6 cm³/mol. The van der Waals surface area contributed by atoms with E-state index < -0.39 is 11.9 Å². The zero-order valence-electron chi connectivity index (χ0n) is 12.0. The van der Waals surface area contributed by atoms with Gasteiger partial charge in [-0.1, -0.05) is 6.07 Å². The van der Waals surface area contributed by atoms with Crippen LogP contribution < -0.4 is 0 Å². The van der Waals surface area contributed by atoms with E-state index in [1.165, 1.54) is 25.6 Å². The first-order valence-electron chi connectivity index (χ1n) is 6.16. The molecule has 2 heterocycles. The van der Waals surface area contributed by atoms with E-state index in [9.17, 15) is 9.59 Å². The second-order valence-electron chi connectivity index (χ2n) is 4.21. The summed E-state index contributed by atoms with van der Waals surface area (Å²) >= 11 is 1.36. The number of esters is 2. The molecule has 21 heavy (non-hydrogen) atoms. The third-order valence-electron chi connectivity index (χ3n) is 3.00. The van der Waals surface area contributed by atoms with E-state index in [1.807, 2.05) is 11.4 Å². The summed E-state index contributed by atoms with van der Waals surface area (Å²) in [5, 5.41) is 1.83. The number of hydrogen-bond acceptors (Lipinski definition) is 5. The van der Waals surface area contributed by atoms with Crippen LogP contribution in [0.15, 0.2) is 35.8 Å². The van der Waals surface area contributed by atoms with Gasteiger partial charge in [-0.25, -0.2) is 9.59 Å². The van der Waals surface area contributed by atoms with E-state index in [0.29, 0.717) is 10.6 Å². The van der Waals surface area contributed by atoms with Gasteiger partial charge in [0.2, 0.25) is 0 Å². The Kier molecular flexibility index (Phi) is 4.59. The van der Waals surface area contributed by atoms with E-state index in [4.69, 9.17) is 9.47 Å². The summed E-state index contributed by atoms with van der Waals surface area (Å²) in [4.78, 5) is 25.1. The van der Waals surface area contributed by atoms with Crippen molar-refractivity contribution in [2.24, 2.45) is 7.05 Å². The van der Waals surface area contributed by atoms with Crippen molar-refractivity contribution in [3.63, 3.8) is 0 Å². The quantitative estimate of drug-likeness (QED) is 0.642. The van der Waals surface area contributed by atoms with Gasteiger partial charge in [0.1, 0.15) is 0 Å². The van der Waals surface area contributed by atoms with Crippen LogP contribution >= 0.6 is 11.3 Å². The number of rotatable bonds is 4. The average molecular weight is 305 g/mol. The van der Waals surface area contributed by atoms with Crippen molar-refractivity contribution in [1.82, 2.24) is 4.57 Å². The zero-order valence-corrected chi connectivity index (χ0v) is 12.8. The van der Waals surface area contributed by atoms with Gasteiger partial charge in [-0.3, -0.25) is 0 Å². The number of carbonyl (C=O) groups is 2. The number of methoxy groups -OCH3 is 2. The van der Waals surface area contributed by atoms with Crippen molar-refractivity contribution >= 4 is 34.4 Å². The molecular weight excluding hydrogens is 290 g/mol. The molecule has 6 heteroatoms. The largest absolute Gasteiger partial charge is 0.465 e. The first kappa shape index (κ1) is 15.1. The van der Waals surface area contributed by atoms with Gasteiger partial charge in [0.15, 0.2) is 0 Å². The Hall–Kier alpha value is -2.34. The summed E-state index contributed by atoms with van der Waals surface area (Å²) in [6.07, 6.45) is 1.79. The fourth-order valence-electron chi connectivity index (χ4n) is 2.01. The van der Waals surface area contributed by atoms with Gasteiger partial charge < -0.3 is 14.0 Å². The third kappa shape index (κ3) is 2.90. The summed E-state index contributed by atoms with van der Waals surface area (Å²) in [5.41, 5.74) is 0.996. The highest BCUT2D eigenvalue weighted by molar-refractivity contribution is 7.11. The minimum atomic E-state index is -0.578. The predicted octanol–water partition coefficient (Wildman–Crippen LogP) is 2.34. The maximum Gasteiger partial charge on any atom is 0.340 e. The normalized spacial score (nSPS) is 11.8. The fraction of sp³-hybridized carbons (Fsp3) is 0.200. The molecule has 0 fully saturated rings. The van der Waals surface area contributed by atoms with Crippen molar-refractivity contribution in [2.75, 3.05) is 14.2 Å². The van der Waals surface area contributed by atoms with Crippen LogP contribution in [0.1, 0.15) is 10.6 Å². The van der Waals surface area contributed by atoms with Gasteiger partial charge in [0.25, 0.3) is 0 Å². The number of ether oxygens (including phenoxy) is 2. The van der Waals surface area contributed by atoms with Crippen molar-refractivity contribution in [2.45, 2.75) is 0 Å². The number of aryl methyl sites for hydroxylation is 1. The lowest BCUT2D eigenvalue weighted by Crippen LogP contribution is -2.14. The highest BCUT2D eigenvalue weighted by Gasteiger charge is 2.27. The molecule has 110 valence electrons. The number of carbonyl (C=O) groups excluding carboxylic acids is 2. The fourth-order valence-corrected chi connectivity index (χ4v) is 2.77. The van der Waals surface area contributed by atoms with Crippen LogP contribution in [0, 0.1) is 0 Å². The molecule has 0 saturated carbocycles. The third-order valence-corrected chi connectivity index (χ3v) is 3.88. The molecule has 0 N–H and O–H groups in total. The molecule has 0 aliphatic rings. The van der Waals surface area contributed by atoms with E-state index >= 15 is 0 Å². The Balaban J connectivity index is 2.77. The van der Waals surface area contributed by atoms with Gasteiger partial charge in [-0.15, -0.1) is 11.3 Å². The maximum absolute atomic E-state index is 12.2. The molecule has 0 aliphatic carbocycles. The standard InChI is InChI=1S/C15H15NO4S/c1-16-8-4-6-10(16)12(14(17)19-2)13(15(18)20-3)11-7-5-9-21-11/h4-9H,1-3H3/b13-12-. The summed E-state index contributed by atoms with van der Waals surface area (Å²) in [7, 11) is 4.37. The summed E-state index contributed by atoms with van der Waals surface area (Å²) < 4.78 is 11.4. The minimum Gasteiger partial charge on any atom is -0.465 e. The first-order valence-corrected chi connectivity index (χ1v) is 7.04. The van der Waals surface area contributed by atoms with Crippen LogP contribution in [0.25, 0.3) is 11.1 Å². The molecule has 2 aromatic rings. The molecule has 0 spiro atoms. The molecule has 0 saturated heterocycles. The molecule has 0 aromatic carbocycles. The Morgan fingerprint density at radius 2 is 1.71 bits per heavy atom. The zero-order chi connectivity index (χ0) is 15.4. The van der Waals surface area contributed by atoms with Crippen molar-refractivity contribution in [3.05, 3.63) is 46.4 Å². The molecule has 0 atom stereocenters. The molecule has 0 bridgehead atoms. The van der Waals surface area contributed by atoms with Crippen LogP contribution in [0.4, 0.5) is 0 Å².